The van der Waals surface area contributed by atoms with Crippen LogP contribution in [0.3, 0.4) is 0 Å². The highest BCUT2D eigenvalue weighted by Crippen LogP contribution is 2.54. The molecular formula is C36H33F3N2O4. The number of nitrogens with zero attached hydrogens (tertiary/aromatic N) is 2. The molecule has 0 radical (unpaired) electrons. The van der Waals surface area contributed by atoms with Crippen LogP contribution in [0.5, 0.6) is 0 Å². The van der Waals surface area contributed by atoms with Crippen molar-refractivity contribution >= 4 is 17.5 Å². The Morgan fingerprint density at radius 3 is 2.33 bits per heavy atom. The van der Waals surface area contributed by atoms with Crippen molar-refractivity contribution in [3.8, 4) is 0 Å². The highest BCUT2D eigenvalue weighted by atomic mass is 19.4. The molecule has 2 aliphatic heterocycles. The number of hydrogen-bond acceptors (Lipinski definition) is 4. The van der Waals surface area contributed by atoms with E-state index >= 15 is 4.79 Å². The van der Waals surface area contributed by atoms with Crippen molar-refractivity contribution in [2.45, 2.75) is 43.6 Å². The molecule has 0 saturated heterocycles. The van der Waals surface area contributed by atoms with Crippen molar-refractivity contribution < 1.29 is 32.6 Å². The zero-order valence-electron chi connectivity index (χ0n) is 24.8. The smallest absolute Gasteiger partial charge is 0.392 e. The maximum Gasteiger partial charge on any atom is 0.416 e. The van der Waals surface area contributed by atoms with E-state index in [1.165, 1.54) is 23.1 Å². The third-order valence-electron chi connectivity index (χ3n) is 8.93. The first kappa shape index (κ1) is 30.6. The summed E-state index contributed by atoms with van der Waals surface area (Å²) < 4.78 is 48.0. The van der Waals surface area contributed by atoms with Crippen molar-refractivity contribution in [1.29, 1.82) is 0 Å². The minimum absolute atomic E-state index is 0.0644. The number of methoxy groups -OCH3 is 1. The van der Waals surface area contributed by atoms with Gasteiger partial charge in [0.1, 0.15) is 5.41 Å². The van der Waals surface area contributed by atoms with E-state index < -0.39 is 29.1 Å². The summed E-state index contributed by atoms with van der Waals surface area (Å²) in [5, 5.41) is 9.75. The second-order valence-corrected chi connectivity index (χ2v) is 11.5. The molecular weight excluding hydrogens is 581 g/mol. The van der Waals surface area contributed by atoms with Crippen LogP contribution in [0.15, 0.2) is 97.1 Å². The number of amides is 2. The first-order valence-electron chi connectivity index (χ1n) is 14.8. The summed E-state index contributed by atoms with van der Waals surface area (Å²) in [7, 11) is 1.60. The Hall–Kier alpha value is -4.47. The summed E-state index contributed by atoms with van der Waals surface area (Å²) in [5.74, 6) is -0.690. The van der Waals surface area contributed by atoms with Gasteiger partial charge in [0.15, 0.2) is 0 Å². The van der Waals surface area contributed by atoms with E-state index in [-0.39, 0.29) is 36.6 Å². The van der Waals surface area contributed by atoms with E-state index in [9.17, 15) is 23.1 Å². The highest BCUT2D eigenvalue weighted by Gasteiger charge is 2.59. The lowest BCUT2D eigenvalue weighted by molar-refractivity contribution is -0.138. The SMILES string of the molecule is COCCCN1C(=O)[C@@]2(Cc3ccccc31)c1ccccc1C(=O)N(Cc1ccccc1C(F)(F)F)[C@H]2c1ccc(CO)cc1. The monoisotopic (exact) mass is 614 g/mol. The first-order chi connectivity index (χ1) is 21.7. The molecule has 6 rings (SSSR count). The second kappa shape index (κ2) is 12.1. The summed E-state index contributed by atoms with van der Waals surface area (Å²) in [5.41, 5.74) is 1.45. The fourth-order valence-corrected chi connectivity index (χ4v) is 6.96. The summed E-state index contributed by atoms with van der Waals surface area (Å²) >= 11 is 0. The number of ether oxygens (including phenoxy) is 1. The summed E-state index contributed by atoms with van der Waals surface area (Å²) in [4.78, 5) is 32.8. The van der Waals surface area contributed by atoms with E-state index in [1.807, 2.05) is 24.3 Å². The van der Waals surface area contributed by atoms with E-state index in [0.717, 1.165) is 17.3 Å². The molecule has 0 fully saturated rings. The molecule has 0 aliphatic carbocycles. The van der Waals surface area contributed by atoms with Gasteiger partial charge in [-0.25, -0.2) is 0 Å². The molecule has 0 unspecified atom stereocenters. The Balaban J connectivity index is 1.62. The lowest BCUT2D eigenvalue weighted by Crippen LogP contribution is -2.62. The van der Waals surface area contributed by atoms with Crippen LogP contribution in [-0.4, -0.2) is 42.1 Å². The molecule has 4 aromatic rings. The number of carbonyl (C=O) groups excluding carboxylic acids is 2. The predicted octanol–water partition coefficient (Wildman–Crippen LogP) is 6.46. The van der Waals surface area contributed by atoms with Crippen molar-refractivity contribution in [3.05, 3.63) is 136 Å². The molecule has 0 bridgehead atoms. The van der Waals surface area contributed by atoms with Gasteiger partial charge in [0.05, 0.1) is 18.2 Å². The van der Waals surface area contributed by atoms with Gasteiger partial charge in [-0.05, 0) is 58.9 Å². The molecule has 232 valence electrons. The van der Waals surface area contributed by atoms with Crippen LogP contribution in [-0.2, 0) is 40.7 Å². The van der Waals surface area contributed by atoms with Crippen LogP contribution in [0.1, 0.15) is 56.2 Å². The standard InChI is InChI=1S/C36H33F3N2O4/c1-45-20-8-19-40-31-14-7-3-9-26(31)21-35(34(40)44)30-13-6-4-11-28(30)33(43)41(32(35)25-17-15-24(23-42)16-18-25)22-27-10-2-5-12-29(27)36(37,38)39/h2-7,9-18,32,42H,8,19-23H2,1H3/t32-,35-/m0/s1. The number of hydrogen-bond donors (Lipinski definition) is 1. The number of para-hydroxylation sites is 1. The number of carbonyl (C=O) groups is 2. The van der Waals surface area contributed by atoms with Gasteiger partial charge in [-0.2, -0.15) is 13.2 Å². The lowest BCUT2D eigenvalue weighted by atomic mass is 9.61. The number of rotatable bonds is 8. The third kappa shape index (κ3) is 5.30. The van der Waals surface area contributed by atoms with Gasteiger partial charge >= 0.3 is 6.18 Å². The maximum absolute atomic E-state index is 15.2. The molecule has 4 aromatic carbocycles. The Bertz CT molecular complexity index is 1720. The van der Waals surface area contributed by atoms with Gasteiger partial charge in [0.25, 0.3) is 5.91 Å². The number of anilines is 1. The number of halogens is 3. The number of alkyl halides is 3. The second-order valence-electron chi connectivity index (χ2n) is 11.5. The average molecular weight is 615 g/mol. The molecule has 9 heteroatoms. The number of aliphatic hydroxyl groups excluding tert-OH is 1. The van der Waals surface area contributed by atoms with Crippen molar-refractivity contribution in [3.63, 3.8) is 0 Å². The van der Waals surface area contributed by atoms with E-state index in [4.69, 9.17) is 4.74 Å². The molecule has 6 nitrogen and oxygen atoms in total. The minimum atomic E-state index is -4.64. The highest BCUT2D eigenvalue weighted by molar-refractivity contribution is 6.09. The molecule has 2 atom stereocenters. The molecule has 0 aromatic heterocycles. The number of benzene rings is 4. The molecule has 1 N–H and O–H groups in total. The molecule has 2 aliphatic rings. The van der Waals surface area contributed by atoms with Gasteiger partial charge < -0.3 is 19.6 Å². The van der Waals surface area contributed by atoms with Crippen LogP contribution in [0, 0.1) is 0 Å². The Kier molecular flexibility index (Phi) is 8.24. The Morgan fingerprint density at radius 1 is 0.911 bits per heavy atom. The topological polar surface area (TPSA) is 70.1 Å². The van der Waals surface area contributed by atoms with Crippen molar-refractivity contribution in [2.75, 3.05) is 25.2 Å². The van der Waals surface area contributed by atoms with E-state index in [0.29, 0.717) is 36.3 Å². The maximum atomic E-state index is 15.2. The van der Waals surface area contributed by atoms with Crippen LogP contribution < -0.4 is 4.90 Å². The van der Waals surface area contributed by atoms with Crippen molar-refractivity contribution in [1.82, 2.24) is 4.90 Å². The molecule has 2 amide bonds. The van der Waals surface area contributed by atoms with Gasteiger partial charge in [-0.15, -0.1) is 0 Å². The first-order valence-corrected chi connectivity index (χ1v) is 14.8. The molecule has 0 saturated carbocycles. The third-order valence-corrected chi connectivity index (χ3v) is 8.93. The predicted molar refractivity (Wildman–Crippen MR) is 164 cm³/mol. The van der Waals surface area contributed by atoms with Crippen LogP contribution in [0.4, 0.5) is 18.9 Å². The van der Waals surface area contributed by atoms with Crippen LogP contribution in [0.25, 0.3) is 0 Å². The van der Waals surface area contributed by atoms with E-state index in [1.54, 1.807) is 60.5 Å². The zero-order valence-corrected chi connectivity index (χ0v) is 24.8. The summed E-state index contributed by atoms with van der Waals surface area (Å²) in [6.07, 6.45) is -3.84. The molecule has 1 spiro atoms. The summed E-state index contributed by atoms with van der Waals surface area (Å²) in [6, 6.07) is 25.8. The van der Waals surface area contributed by atoms with E-state index in [2.05, 4.69) is 0 Å². The zero-order chi connectivity index (χ0) is 31.8. The largest absolute Gasteiger partial charge is 0.416 e. The van der Waals surface area contributed by atoms with Crippen LogP contribution >= 0.6 is 0 Å². The Morgan fingerprint density at radius 2 is 1.60 bits per heavy atom. The average Bonchev–Trinajstić information content (AvgIpc) is 3.05. The number of fused-ring (bicyclic) bond motifs is 3. The lowest BCUT2D eigenvalue weighted by Gasteiger charge is -2.53. The molecule has 45 heavy (non-hydrogen) atoms. The van der Waals surface area contributed by atoms with Crippen LogP contribution in [0.2, 0.25) is 0 Å². The normalized spacial score (nSPS) is 19.5. The minimum Gasteiger partial charge on any atom is -0.392 e. The fourth-order valence-electron chi connectivity index (χ4n) is 6.96. The fraction of sp³-hybridized carbons (Fsp3) is 0.278. The van der Waals surface area contributed by atoms with Gasteiger partial charge in [-0.1, -0.05) is 78.9 Å². The van der Waals surface area contributed by atoms with Gasteiger partial charge in [0.2, 0.25) is 5.91 Å². The number of aliphatic hydroxyl groups is 1. The summed E-state index contributed by atoms with van der Waals surface area (Å²) in [6.45, 7) is 0.213. The quantitative estimate of drug-likeness (QED) is 0.232. The van der Waals surface area contributed by atoms with Crippen molar-refractivity contribution in [2.24, 2.45) is 0 Å². The Labute approximate surface area is 259 Å². The van der Waals surface area contributed by atoms with Gasteiger partial charge in [0, 0.05) is 38.1 Å². The molecule has 2 heterocycles. The van der Waals surface area contributed by atoms with Gasteiger partial charge in [-0.3, -0.25) is 9.59 Å².